The van der Waals surface area contributed by atoms with Crippen LogP contribution in [0.3, 0.4) is 0 Å². The van der Waals surface area contributed by atoms with Crippen molar-refractivity contribution in [3.63, 3.8) is 0 Å². The number of nitrogens with one attached hydrogen (secondary N) is 1. The monoisotopic (exact) mass is 408 g/mol. The van der Waals surface area contributed by atoms with Crippen LogP contribution in [-0.4, -0.2) is 79.9 Å². The summed E-state index contributed by atoms with van der Waals surface area (Å²) in [6.45, 7) is 3.47. The standard InChI is InChI=1S/C24H32N4O2/c1-26(2)15-16-27(3)23(29)17-22-24(30)25-13-14-28(22)18-19-9-11-21(12-10-19)20-7-5-4-6-8-20/h4-12,22H,13-18H2,1-3H3,(H,25,30)/t22-/m0/s1. The molecule has 160 valence electrons. The zero-order valence-corrected chi connectivity index (χ0v) is 18.2. The molecule has 0 bridgehead atoms. The molecule has 0 spiro atoms. The summed E-state index contributed by atoms with van der Waals surface area (Å²) in [5.41, 5.74) is 3.50. The fourth-order valence-electron chi connectivity index (χ4n) is 3.64. The fraction of sp³-hybridized carbons (Fsp3) is 0.417. The van der Waals surface area contributed by atoms with Crippen LogP contribution in [0.4, 0.5) is 0 Å². The molecule has 2 aromatic carbocycles. The average Bonchev–Trinajstić information content (AvgIpc) is 2.75. The summed E-state index contributed by atoms with van der Waals surface area (Å²) < 4.78 is 0. The molecule has 6 heteroatoms. The number of piperazine rings is 1. The Morgan fingerprint density at radius 2 is 1.67 bits per heavy atom. The van der Waals surface area contributed by atoms with Gasteiger partial charge in [0.15, 0.2) is 0 Å². The van der Waals surface area contributed by atoms with E-state index >= 15 is 0 Å². The van der Waals surface area contributed by atoms with Gasteiger partial charge < -0.3 is 15.1 Å². The van der Waals surface area contributed by atoms with Gasteiger partial charge in [0.1, 0.15) is 0 Å². The minimum Gasteiger partial charge on any atom is -0.353 e. The van der Waals surface area contributed by atoms with E-state index in [0.717, 1.165) is 18.7 Å². The van der Waals surface area contributed by atoms with E-state index in [9.17, 15) is 9.59 Å². The Bertz CT molecular complexity index is 836. The number of carbonyl (C=O) groups is 2. The van der Waals surface area contributed by atoms with Gasteiger partial charge in [0.2, 0.25) is 11.8 Å². The molecule has 0 radical (unpaired) electrons. The Morgan fingerprint density at radius 1 is 1.00 bits per heavy atom. The van der Waals surface area contributed by atoms with Crippen LogP contribution in [0.5, 0.6) is 0 Å². The van der Waals surface area contributed by atoms with E-state index in [4.69, 9.17) is 0 Å². The SMILES string of the molecule is CN(C)CCN(C)C(=O)C[C@H]1C(=O)NCCN1Cc1ccc(-c2ccccc2)cc1. The van der Waals surface area contributed by atoms with Crippen LogP contribution >= 0.6 is 0 Å². The number of hydrogen-bond donors (Lipinski definition) is 1. The molecule has 3 rings (SSSR count). The second kappa shape index (κ2) is 10.4. The van der Waals surface area contributed by atoms with Crippen LogP contribution < -0.4 is 5.32 Å². The number of nitrogens with zero attached hydrogens (tertiary/aromatic N) is 3. The van der Waals surface area contributed by atoms with Crippen molar-refractivity contribution in [2.75, 3.05) is 47.3 Å². The van der Waals surface area contributed by atoms with Crippen LogP contribution in [0.25, 0.3) is 11.1 Å². The lowest BCUT2D eigenvalue weighted by Gasteiger charge is -2.35. The van der Waals surface area contributed by atoms with Crippen molar-refractivity contribution in [2.45, 2.75) is 19.0 Å². The van der Waals surface area contributed by atoms with Crippen LogP contribution in [0.1, 0.15) is 12.0 Å². The van der Waals surface area contributed by atoms with Crippen molar-refractivity contribution in [2.24, 2.45) is 0 Å². The van der Waals surface area contributed by atoms with E-state index in [1.807, 2.05) is 37.2 Å². The number of carbonyl (C=O) groups excluding carboxylic acids is 2. The summed E-state index contributed by atoms with van der Waals surface area (Å²) in [7, 11) is 5.77. The highest BCUT2D eigenvalue weighted by Crippen LogP contribution is 2.21. The van der Waals surface area contributed by atoms with Gasteiger partial charge in [-0.15, -0.1) is 0 Å². The lowest BCUT2D eigenvalue weighted by molar-refractivity contribution is -0.138. The summed E-state index contributed by atoms with van der Waals surface area (Å²) in [6, 6.07) is 18.3. The maximum atomic E-state index is 12.7. The van der Waals surface area contributed by atoms with Crippen molar-refractivity contribution < 1.29 is 9.59 Å². The van der Waals surface area contributed by atoms with Gasteiger partial charge >= 0.3 is 0 Å². The van der Waals surface area contributed by atoms with Gasteiger partial charge in [0.25, 0.3) is 0 Å². The zero-order valence-electron chi connectivity index (χ0n) is 18.2. The maximum absolute atomic E-state index is 12.7. The van der Waals surface area contributed by atoms with Crippen molar-refractivity contribution in [3.8, 4) is 11.1 Å². The Labute approximate surface area is 179 Å². The van der Waals surface area contributed by atoms with Gasteiger partial charge in [-0.3, -0.25) is 14.5 Å². The quantitative estimate of drug-likeness (QED) is 0.727. The highest BCUT2D eigenvalue weighted by atomic mass is 16.2. The van der Waals surface area contributed by atoms with Gasteiger partial charge in [0, 0.05) is 39.8 Å². The number of hydrogen-bond acceptors (Lipinski definition) is 4. The van der Waals surface area contributed by atoms with Gasteiger partial charge in [-0.2, -0.15) is 0 Å². The van der Waals surface area contributed by atoms with Gasteiger partial charge in [-0.25, -0.2) is 0 Å². The van der Waals surface area contributed by atoms with Crippen LogP contribution in [0.15, 0.2) is 54.6 Å². The first-order valence-corrected chi connectivity index (χ1v) is 10.5. The predicted octanol–water partition coefficient (Wildman–Crippen LogP) is 2.06. The van der Waals surface area contributed by atoms with E-state index in [1.54, 1.807) is 11.9 Å². The fourth-order valence-corrected chi connectivity index (χ4v) is 3.64. The topological polar surface area (TPSA) is 55.9 Å². The van der Waals surface area contributed by atoms with Gasteiger partial charge in [-0.05, 0) is 30.8 Å². The molecule has 1 aliphatic heterocycles. The van der Waals surface area contributed by atoms with Crippen LogP contribution in [-0.2, 0) is 16.1 Å². The predicted molar refractivity (Wildman–Crippen MR) is 120 cm³/mol. The summed E-state index contributed by atoms with van der Waals surface area (Å²) in [4.78, 5) is 31.1. The molecule has 0 aliphatic carbocycles. The molecule has 0 aromatic heterocycles. The Kier molecular flexibility index (Phi) is 7.60. The highest BCUT2D eigenvalue weighted by Gasteiger charge is 2.32. The third-order valence-corrected chi connectivity index (χ3v) is 5.56. The molecule has 30 heavy (non-hydrogen) atoms. The first-order chi connectivity index (χ1) is 14.4. The van der Waals surface area contributed by atoms with Crippen molar-refractivity contribution in [1.29, 1.82) is 0 Å². The highest BCUT2D eigenvalue weighted by molar-refractivity contribution is 5.88. The molecular formula is C24H32N4O2. The van der Waals surface area contributed by atoms with Crippen molar-refractivity contribution in [1.82, 2.24) is 20.0 Å². The summed E-state index contributed by atoms with van der Waals surface area (Å²) in [5, 5.41) is 2.91. The molecule has 1 atom stereocenters. The third-order valence-electron chi connectivity index (χ3n) is 5.56. The summed E-state index contributed by atoms with van der Waals surface area (Å²) in [5.74, 6) is -0.0557. The minimum atomic E-state index is -0.429. The van der Waals surface area contributed by atoms with E-state index in [2.05, 4.69) is 46.6 Å². The van der Waals surface area contributed by atoms with Crippen LogP contribution in [0.2, 0.25) is 0 Å². The summed E-state index contributed by atoms with van der Waals surface area (Å²) >= 11 is 0. The second-order valence-electron chi connectivity index (χ2n) is 8.16. The first-order valence-electron chi connectivity index (χ1n) is 10.5. The normalized spacial score (nSPS) is 17.1. The van der Waals surface area contributed by atoms with Gasteiger partial charge in [-0.1, -0.05) is 54.6 Å². The Hall–Kier alpha value is -2.70. The van der Waals surface area contributed by atoms with E-state index in [-0.39, 0.29) is 18.2 Å². The first kappa shape index (κ1) is 22.0. The van der Waals surface area contributed by atoms with Crippen molar-refractivity contribution >= 4 is 11.8 Å². The molecule has 6 nitrogen and oxygen atoms in total. The molecule has 0 saturated carbocycles. The average molecular weight is 409 g/mol. The van der Waals surface area contributed by atoms with Crippen molar-refractivity contribution in [3.05, 3.63) is 60.2 Å². The second-order valence-corrected chi connectivity index (χ2v) is 8.16. The molecule has 1 heterocycles. The molecule has 1 N–H and O–H groups in total. The Balaban J connectivity index is 1.64. The van der Waals surface area contributed by atoms with E-state index in [0.29, 0.717) is 19.6 Å². The molecular weight excluding hydrogens is 376 g/mol. The third kappa shape index (κ3) is 5.90. The number of benzene rings is 2. The molecule has 1 fully saturated rings. The Morgan fingerprint density at radius 3 is 2.33 bits per heavy atom. The number of likely N-dealkylation sites (N-methyl/N-ethyl adjacent to an activating group) is 2. The molecule has 0 unspecified atom stereocenters. The minimum absolute atomic E-state index is 0.00308. The van der Waals surface area contributed by atoms with Crippen LogP contribution in [0, 0.1) is 0 Å². The van der Waals surface area contributed by atoms with Gasteiger partial charge in [0.05, 0.1) is 12.5 Å². The lowest BCUT2D eigenvalue weighted by atomic mass is 10.0. The molecule has 1 aliphatic rings. The number of amides is 2. The van der Waals surface area contributed by atoms with E-state index in [1.165, 1.54) is 11.1 Å². The smallest absolute Gasteiger partial charge is 0.237 e. The largest absolute Gasteiger partial charge is 0.353 e. The van der Waals surface area contributed by atoms with E-state index < -0.39 is 6.04 Å². The lowest BCUT2D eigenvalue weighted by Crippen LogP contribution is -2.56. The summed E-state index contributed by atoms with van der Waals surface area (Å²) in [6.07, 6.45) is 0.206. The molecule has 2 aromatic rings. The zero-order chi connectivity index (χ0) is 21.5. The molecule has 2 amide bonds. The molecule has 1 saturated heterocycles. The number of rotatable bonds is 8. The maximum Gasteiger partial charge on any atom is 0.237 e.